The van der Waals surface area contributed by atoms with Gasteiger partial charge in [-0.25, -0.2) is 0 Å². The van der Waals surface area contributed by atoms with E-state index in [2.05, 4.69) is 36.9 Å². The smallest absolute Gasteiger partial charge is 0.416 e. The Morgan fingerprint density at radius 2 is 1.43 bits per heavy atom. The molecule has 0 aliphatic rings. The Bertz CT molecular complexity index is 1440. The van der Waals surface area contributed by atoms with Crippen LogP contribution in [0.4, 0.5) is 13.2 Å². The molecule has 0 N–H and O–H groups in total. The van der Waals surface area contributed by atoms with Crippen molar-refractivity contribution in [1.29, 1.82) is 0 Å². The third-order valence-electron chi connectivity index (χ3n) is 7.57. The molecule has 222 valence electrons. The molecule has 3 aromatic carbocycles. The van der Waals surface area contributed by atoms with E-state index < -0.39 is 11.7 Å². The van der Waals surface area contributed by atoms with E-state index in [1.807, 2.05) is 57.2 Å². The summed E-state index contributed by atoms with van der Waals surface area (Å²) in [5.74, 6) is 0.731. The van der Waals surface area contributed by atoms with E-state index in [9.17, 15) is 13.2 Å². The fraction of sp³-hybridized carbons (Fsp3) is 0.361. The van der Waals surface area contributed by atoms with E-state index in [4.69, 9.17) is 9.72 Å². The second kappa shape index (κ2) is 14.0. The summed E-state index contributed by atoms with van der Waals surface area (Å²) in [6, 6.07) is 24.3. The first kappa shape index (κ1) is 31.3. The highest BCUT2D eigenvalue weighted by molar-refractivity contribution is 5.70. The summed E-state index contributed by atoms with van der Waals surface area (Å²) < 4.78 is 48.2. The summed E-state index contributed by atoms with van der Waals surface area (Å²) in [5.41, 5.74) is 7.01. The summed E-state index contributed by atoms with van der Waals surface area (Å²) in [6.45, 7) is 11.4. The van der Waals surface area contributed by atoms with Gasteiger partial charge in [0, 0.05) is 42.5 Å². The first-order chi connectivity index (χ1) is 20.1. The topological polar surface area (TPSA) is 25.4 Å². The van der Waals surface area contributed by atoms with Gasteiger partial charge in [-0.05, 0) is 68.4 Å². The predicted octanol–water partition coefficient (Wildman–Crippen LogP) is 9.23. The maximum atomic E-state index is 13.9. The lowest BCUT2D eigenvalue weighted by molar-refractivity contribution is -0.138. The molecule has 0 saturated heterocycles. The van der Waals surface area contributed by atoms with E-state index in [1.54, 1.807) is 12.1 Å². The van der Waals surface area contributed by atoms with Crippen molar-refractivity contribution >= 4 is 0 Å². The maximum Gasteiger partial charge on any atom is 0.416 e. The fourth-order valence-electron chi connectivity index (χ4n) is 5.47. The Labute approximate surface area is 248 Å². The van der Waals surface area contributed by atoms with Gasteiger partial charge in [-0.1, -0.05) is 80.6 Å². The Morgan fingerprint density at radius 3 is 2.05 bits per heavy atom. The molecule has 0 aliphatic carbocycles. The van der Waals surface area contributed by atoms with Crippen LogP contribution >= 0.6 is 0 Å². The molecule has 4 rings (SSSR count). The van der Waals surface area contributed by atoms with Crippen molar-refractivity contribution < 1.29 is 17.9 Å². The van der Waals surface area contributed by atoms with Crippen LogP contribution < -0.4 is 4.74 Å². The van der Waals surface area contributed by atoms with Crippen molar-refractivity contribution in [3.05, 3.63) is 118 Å². The predicted molar refractivity (Wildman–Crippen MR) is 165 cm³/mol. The molecule has 1 heterocycles. The number of halogens is 3. The van der Waals surface area contributed by atoms with Crippen molar-refractivity contribution in [2.75, 3.05) is 6.54 Å². The first-order valence-corrected chi connectivity index (χ1v) is 14.8. The van der Waals surface area contributed by atoms with Gasteiger partial charge in [-0.2, -0.15) is 13.2 Å². The molecule has 0 unspecified atom stereocenters. The zero-order chi connectivity index (χ0) is 30.3. The van der Waals surface area contributed by atoms with Crippen molar-refractivity contribution in [3.63, 3.8) is 0 Å². The highest BCUT2D eigenvalue weighted by Gasteiger charge is 2.33. The van der Waals surface area contributed by atoms with Gasteiger partial charge in [0.15, 0.2) is 0 Å². The maximum absolute atomic E-state index is 13.9. The standard InChI is InChI=1S/C36H41F3N2O/c1-6-28-17-13-18-29(7-2)35(28)33-22-34(42-25(3)4)31(26(5)40-33)24-41(21-20-27-14-9-8-10-15-27)23-30-16-11-12-19-32(30)36(37,38)39/h8-19,22,25H,6-7,20-21,23-24H2,1-5H3. The van der Waals surface area contributed by atoms with Crippen LogP contribution in [0.2, 0.25) is 0 Å². The van der Waals surface area contributed by atoms with E-state index >= 15 is 0 Å². The number of aromatic nitrogens is 1. The number of benzene rings is 3. The van der Waals surface area contributed by atoms with Gasteiger partial charge in [0.1, 0.15) is 5.75 Å². The third-order valence-corrected chi connectivity index (χ3v) is 7.57. The molecule has 0 atom stereocenters. The van der Waals surface area contributed by atoms with Gasteiger partial charge >= 0.3 is 6.18 Å². The summed E-state index contributed by atoms with van der Waals surface area (Å²) in [7, 11) is 0. The van der Waals surface area contributed by atoms with E-state index in [0.717, 1.165) is 52.7 Å². The van der Waals surface area contributed by atoms with Crippen molar-refractivity contribution in [2.45, 2.75) is 79.3 Å². The molecular weight excluding hydrogens is 533 g/mol. The average Bonchev–Trinajstić information content (AvgIpc) is 2.96. The van der Waals surface area contributed by atoms with Gasteiger partial charge in [0.05, 0.1) is 17.4 Å². The lowest BCUT2D eigenvalue weighted by Crippen LogP contribution is -2.28. The van der Waals surface area contributed by atoms with Crippen LogP contribution in [0, 0.1) is 6.92 Å². The normalized spacial score (nSPS) is 11.9. The molecule has 4 aromatic rings. The first-order valence-electron chi connectivity index (χ1n) is 14.8. The zero-order valence-corrected chi connectivity index (χ0v) is 25.3. The number of hydrogen-bond donors (Lipinski definition) is 0. The van der Waals surface area contributed by atoms with Gasteiger partial charge in [0.25, 0.3) is 0 Å². The molecular formula is C36H41F3N2O. The Kier molecular flexibility index (Phi) is 10.4. The summed E-state index contributed by atoms with van der Waals surface area (Å²) in [4.78, 5) is 7.15. The fourth-order valence-corrected chi connectivity index (χ4v) is 5.47. The quantitative estimate of drug-likeness (QED) is 0.169. The van der Waals surface area contributed by atoms with Crippen LogP contribution in [-0.4, -0.2) is 22.5 Å². The van der Waals surface area contributed by atoms with Gasteiger partial charge in [-0.3, -0.25) is 9.88 Å². The van der Waals surface area contributed by atoms with Crippen molar-refractivity contribution in [2.24, 2.45) is 0 Å². The minimum absolute atomic E-state index is 0.0748. The molecule has 0 aliphatic heterocycles. The van der Waals surface area contributed by atoms with Crippen molar-refractivity contribution in [1.82, 2.24) is 9.88 Å². The summed E-state index contributed by atoms with van der Waals surface area (Å²) in [6.07, 6.45) is -2.01. The summed E-state index contributed by atoms with van der Waals surface area (Å²) in [5, 5.41) is 0. The minimum Gasteiger partial charge on any atom is -0.491 e. The van der Waals surface area contributed by atoms with Crippen LogP contribution in [0.25, 0.3) is 11.3 Å². The number of hydrogen-bond acceptors (Lipinski definition) is 3. The molecule has 0 fully saturated rings. The molecule has 0 bridgehead atoms. The number of aryl methyl sites for hydroxylation is 3. The lowest BCUT2D eigenvalue weighted by atomic mass is 9.94. The van der Waals surface area contributed by atoms with Crippen LogP contribution in [0.15, 0.2) is 78.9 Å². The molecule has 0 radical (unpaired) electrons. The van der Waals surface area contributed by atoms with Crippen LogP contribution in [0.3, 0.4) is 0 Å². The Balaban J connectivity index is 1.76. The molecule has 42 heavy (non-hydrogen) atoms. The second-order valence-corrected chi connectivity index (χ2v) is 11.0. The molecule has 1 aromatic heterocycles. The number of pyridine rings is 1. The van der Waals surface area contributed by atoms with Gasteiger partial charge in [-0.15, -0.1) is 0 Å². The molecule has 0 spiro atoms. The number of alkyl halides is 3. The molecule has 0 amide bonds. The zero-order valence-electron chi connectivity index (χ0n) is 25.3. The Morgan fingerprint density at radius 1 is 0.810 bits per heavy atom. The summed E-state index contributed by atoms with van der Waals surface area (Å²) >= 11 is 0. The number of rotatable bonds is 12. The van der Waals surface area contributed by atoms with Crippen molar-refractivity contribution in [3.8, 4) is 17.0 Å². The molecule has 6 heteroatoms. The third kappa shape index (κ3) is 7.80. The monoisotopic (exact) mass is 574 g/mol. The Hall–Kier alpha value is -3.64. The van der Waals surface area contributed by atoms with Crippen LogP contribution in [-0.2, 0) is 38.5 Å². The highest BCUT2D eigenvalue weighted by Crippen LogP contribution is 2.36. The number of nitrogens with zero attached hydrogens (tertiary/aromatic N) is 2. The molecule has 0 saturated carbocycles. The van der Waals surface area contributed by atoms with Crippen LogP contribution in [0.1, 0.15) is 66.8 Å². The minimum atomic E-state index is -4.42. The second-order valence-electron chi connectivity index (χ2n) is 11.0. The largest absolute Gasteiger partial charge is 0.491 e. The van der Waals surface area contributed by atoms with E-state index in [1.165, 1.54) is 17.2 Å². The number of ether oxygens (including phenoxy) is 1. The lowest BCUT2D eigenvalue weighted by Gasteiger charge is -2.27. The highest BCUT2D eigenvalue weighted by atomic mass is 19.4. The van der Waals surface area contributed by atoms with Crippen LogP contribution in [0.5, 0.6) is 5.75 Å². The van der Waals surface area contributed by atoms with E-state index in [-0.39, 0.29) is 18.2 Å². The van der Waals surface area contributed by atoms with Gasteiger partial charge in [0.2, 0.25) is 0 Å². The molecule has 3 nitrogen and oxygen atoms in total. The van der Waals surface area contributed by atoms with E-state index in [0.29, 0.717) is 19.5 Å². The SMILES string of the molecule is CCc1cccc(CC)c1-c1cc(OC(C)C)c(CN(CCc2ccccc2)Cc2ccccc2C(F)(F)F)c(C)n1. The average molecular weight is 575 g/mol. The van der Waals surface area contributed by atoms with Gasteiger partial charge < -0.3 is 4.74 Å².